The van der Waals surface area contributed by atoms with Gasteiger partial charge in [-0.1, -0.05) is 64.3 Å². The number of hydrogen-bond acceptors (Lipinski definition) is 1. The first-order valence-electron chi connectivity index (χ1n) is 8.56. The van der Waals surface area contributed by atoms with E-state index in [1.165, 1.54) is 49.8 Å². The van der Waals surface area contributed by atoms with Crippen LogP contribution in [0.2, 0.25) is 0 Å². The first kappa shape index (κ1) is 15.6. The quantitative estimate of drug-likeness (QED) is 0.759. The topological polar surface area (TPSA) is 12.0 Å². The maximum absolute atomic E-state index is 3.82. The van der Waals surface area contributed by atoms with Crippen molar-refractivity contribution in [2.45, 2.75) is 65.3 Å². The van der Waals surface area contributed by atoms with Crippen molar-refractivity contribution >= 4 is 0 Å². The van der Waals surface area contributed by atoms with E-state index in [9.17, 15) is 0 Å². The van der Waals surface area contributed by atoms with Crippen LogP contribution in [0, 0.1) is 11.8 Å². The third-order valence-corrected chi connectivity index (χ3v) is 5.11. The van der Waals surface area contributed by atoms with Crippen molar-refractivity contribution in [2.75, 3.05) is 6.54 Å². The lowest BCUT2D eigenvalue weighted by atomic mass is 9.80. The van der Waals surface area contributed by atoms with Crippen molar-refractivity contribution in [1.82, 2.24) is 5.32 Å². The summed E-state index contributed by atoms with van der Waals surface area (Å²) in [7, 11) is 0. The molecule has 1 heteroatoms. The fraction of sp³-hybridized carbons (Fsp3) is 0.684. The molecule has 1 aromatic carbocycles. The summed E-state index contributed by atoms with van der Waals surface area (Å²) < 4.78 is 0. The zero-order chi connectivity index (χ0) is 14.4. The molecule has 0 amide bonds. The molecule has 0 radical (unpaired) electrons. The zero-order valence-electron chi connectivity index (χ0n) is 13.5. The standard InChI is InChI=1S/C19H31N/c1-4-16-10-12-17(13-11-16)19(5-2)20-14-18-9-7-6-8-15(18)3/h10-13,15,18-20H,4-9,14H2,1-3H3. The molecule has 1 aliphatic rings. The highest BCUT2D eigenvalue weighted by Crippen LogP contribution is 2.29. The third-order valence-electron chi connectivity index (χ3n) is 5.11. The van der Waals surface area contributed by atoms with Crippen LogP contribution in [0.1, 0.15) is 70.0 Å². The molecule has 0 heterocycles. The van der Waals surface area contributed by atoms with Gasteiger partial charge in [0.2, 0.25) is 0 Å². The lowest BCUT2D eigenvalue weighted by molar-refractivity contribution is 0.240. The molecule has 20 heavy (non-hydrogen) atoms. The van der Waals surface area contributed by atoms with Crippen LogP contribution < -0.4 is 5.32 Å². The largest absolute Gasteiger partial charge is 0.310 e. The van der Waals surface area contributed by atoms with Crippen LogP contribution in [0.4, 0.5) is 0 Å². The Morgan fingerprint density at radius 2 is 1.80 bits per heavy atom. The van der Waals surface area contributed by atoms with E-state index in [0.29, 0.717) is 6.04 Å². The Bertz CT molecular complexity index is 381. The van der Waals surface area contributed by atoms with Gasteiger partial charge in [0.15, 0.2) is 0 Å². The lowest BCUT2D eigenvalue weighted by Crippen LogP contribution is -2.31. The normalized spacial score (nSPS) is 24.6. The molecule has 1 N–H and O–H groups in total. The zero-order valence-corrected chi connectivity index (χ0v) is 13.5. The minimum Gasteiger partial charge on any atom is -0.310 e. The van der Waals surface area contributed by atoms with Crippen LogP contribution in [-0.2, 0) is 6.42 Å². The maximum atomic E-state index is 3.82. The highest BCUT2D eigenvalue weighted by Gasteiger charge is 2.22. The molecule has 2 rings (SSSR count). The monoisotopic (exact) mass is 273 g/mol. The van der Waals surface area contributed by atoms with E-state index in [2.05, 4.69) is 50.4 Å². The van der Waals surface area contributed by atoms with Crippen LogP contribution in [0.15, 0.2) is 24.3 Å². The van der Waals surface area contributed by atoms with Crippen LogP contribution in [0.5, 0.6) is 0 Å². The maximum Gasteiger partial charge on any atom is 0.0317 e. The average molecular weight is 273 g/mol. The van der Waals surface area contributed by atoms with Crippen molar-refractivity contribution in [2.24, 2.45) is 11.8 Å². The summed E-state index contributed by atoms with van der Waals surface area (Å²) in [6, 6.07) is 9.70. The molecule has 0 spiro atoms. The molecule has 1 fully saturated rings. The summed E-state index contributed by atoms with van der Waals surface area (Å²) >= 11 is 0. The van der Waals surface area contributed by atoms with Gasteiger partial charge in [-0.2, -0.15) is 0 Å². The fourth-order valence-corrected chi connectivity index (χ4v) is 3.47. The van der Waals surface area contributed by atoms with Crippen LogP contribution in [0.25, 0.3) is 0 Å². The van der Waals surface area contributed by atoms with Gasteiger partial charge in [0.25, 0.3) is 0 Å². The molecule has 0 aliphatic heterocycles. The molecule has 1 aliphatic carbocycles. The Hall–Kier alpha value is -0.820. The molecule has 3 unspecified atom stereocenters. The van der Waals surface area contributed by atoms with E-state index >= 15 is 0 Å². The van der Waals surface area contributed by atoms with Gasteiger partial charge in [0, 0.05) is 6.04 Å². The first-order chi connectivity index (χ1) is 9.74. The Kier molecular flexibility index (Phi) is 6.09. The van der Waals surface area contributed by atoms with Gasteiger partial charge >= 0.3 is 0 Å². The third kappa shape index (κ3) is 4.09. The molecule has 1 aromatic rings. The summed E-state index contributed by atoms with van der Waals surface area (Å²) in [5.41, 5.74) is 2.89. The van der Waals surface area contributed by atoms with E-state index in [0.717, 1.165) is 18.3 Å². The predicted molar refractivity (Wildman–Crippen MR) is 88.0 cm³/mol. The Morgan fingerprint density at radius 3 is 2.40 bits per heavy atom. The Morgan fingerprint density at radius 1 is 1.10 bits per heavy atom. The second-order valence-corrected chi connectivity index (χ2v) is 6.49. The number of benzene rings is 1. The van der Waals surface area contributed by atoms with Gasteiger partial charge in [-0.05, 0) is 48.8 Å². The van der Waals surface area contributed by atoms with E-state index < -0.39 is 0 Å². The number of rotatable bonds is 6. The van der Waals surface area contributed by atoms with E-state index in [4.69, 9.17) is 0 Å². The predicted octanol–water partition coefficient (Wildman–Crippen LogP) is 5.12. The van der Waals surface area contributed by atoms with E-state index in [1.807, 2.05) is 0 Å². The smallest absolute Gasteiger partial charge is 0.0317 e. The van der Waals surface area contributed by atoms with Crippen molar-refractivity contribution in [3.63, 3.8) is 0 Å². The van der Waals surface area contributed by atoms with Gasteiger partial charge in [-0.3, -0.25) is 0 Å². The molecule has 1 saturated carbocycles. The van der Waals surface area contributed by atoms with Gasteiger partial charge < -0.3 is 5.32 Å². The summed E-state index contributed by atoms with van der Waals surface area (Å²) in [5, 5.41) is 3.82. The van der Waals surface area contributed by atoms with Crippen LogP contribution >= 0.6 is 0 Å². The molecule has 0 saturated heterocycles. The van der Waals surface area contributed by atoms with E-state index in [1.54, 1.807) is 0 Å². The second-order valence-electron chi connectivity index (χ2n) is 6.49. The molecular weight excluding hydrogens is 242 g/mol. The fourth-order valence-electron chi connectivity index (χ4n) is 3.47. The Balaban J connectivity index is 1.90. The molecule has 3 atom stereocenters. The van der Waals surface area contributed by atoms with Crippen molar-refractivity contribution in [3.8, 4) is 0 Å². The van der Waals surface area contributed by atoms with Gasteiger partial charge in [0.1, 0.15) is 0 Å². The van der Waals surface area contributed by atoms with Gasteiger partial charge in [0.05, 0.1) is 0 Å². The second kappa shape index (κ2) is 7.83. The molecular formula is C19H31N. The van der Waals surface area contributed by atoms with Crippen LogP contribution in [0.3, 0.4) is 0 Å². The van der Waals surface area contributed by atoms with Crippen molar-refractivity contribution in [3.05, 3.63) is 35.4 Å². The van der Waals surface area contributed by atoms with Crippen LogP contribution in [-0.4, -0.2) is 6.54 Å². The Labute approximate surface area is 125 Å². The summed E-state index contributed by atoms with van der Waals surface area (Å²) in [5.74, 6) is 1.78. The molecule has 1 nitrogen and oxygen atoms in total. The molecule has 0 bridgehead atoms. The minimum atomic E-state index is 0.523. The van der Waals surface area contributed by atoms with Crippen molar-refractivity contribution in [1.29, 1.82) is 0 Å². The summed E-state index contributed by atoms with van der Waals surface area (Å²) in [4.78, 5) is 0. The molecule has 112 valence electrons. The summed E-state index contributed by atoms with van der Waals surface area (Å²) in [6.45, 7) is 8.13. The highest BCUT2D eigenvalue weighted by atomic mass is 14.9. The van der Waals surface area contributed by atoms with Crippen molar-refractivity contribution < 1.29 is 0 Å². The van der Waals surface area contributed by atoms with E-state index in [-0.39, 0.29) is 0 Å². The average Bonchev–Trinajstić information content (AvgIpc) is 2.50. The number of hydrogen-bond donors (Lipinski definition) is 1. The summed E-state index contributed by atoms with van der Waals surface area (Å²) in [6.07, 6.45) is 8.01. The number of aryl methyl sites for hydroxylation is 1. The SMILES string of the molecule is CCc1ccc(C(CC)NCC2CCCCC2C)cc1. The highest BCUT2D eigenvalue weighted by molar-refractivity contribution is 5.25. The molecule has 0 aromatic heterocycles. The first-order valence-corrected chi connectivity index (χ1v) is 8.56. The van der Waals surface area contributed by atoms with Gasteiger partial charge in [-0.25, -0.2) is 0 Å². The minimum absolute atomic E-state index is 0.523. The number of nitrogens with one attached hydrogen (secondary N) is 1. The van der Waals surface area contributed by atoms with Gasteiger partial charge in [-0.15, -0.1) is 0 Å². The lowest BCUT2D eigenvalue weighted by Gasteiger charge is -2.30.